The molecule has 1 heterocycles. The summed E-state index contributed by atoms with van der Waals surface area (Å²) in [6.45, 7) is 2.99. The summed E-state index contributed by atoms with van der Waals surface area (Å²) in [6, 6.07) is 10.4. The Morgan fingerprint density at radius 1 is 1.30 bits per heavy atom. The van der Waals surface area contributed by atoms with Crippen molar-refractivity contribution in [2.75, 3.05) is 18.6 Å². The molecule has 4 heteroatoms. The average molecular weight is 292 g/mol. The van der Waals surface area contributed by atoms with Crippen LogP contribution in [-0.4, -0.2) is 41.6 Å². The van der Waals surface area contributed by atoms with Crippen LogP contribution in [-0.2, 0) is 11.2 Å². The van der Waals surface area contributed by atoms with E-state index in [1.54, 1.807) is 11.8 Å². The first-order valence-corrected chi connectivity index (χ1v) is 8.75. The summed E-state index contributed by atoms with van der Waals surface area (Å²) in [6.07, 6.45) is 5.12. The van der Waals surface area contributed by atoms with Crippen LogP contribution in [0.1, 0.15) is 25.3 Å². The third-order valence-electron chi connectivity index (χ3n) is 3.84. The Kier molecular flexibility index (Phi) is 5.92. The molecule has 0 bridgehead atoms. The molecule has 3 nitrogen and oxygen atoms in total. The number of rotatable bonds is 7. The van der Waals surface area contributed by atoms with Crippen molar-refractivity contribution in [3.8, 4) is 0 Å². The maximum absolute atomic E-state index is 12.5. The van der Waals surface area contributed by atoms with Gasteiger partial charge >= 0.3 is 0 Å². The predicted octanol–water partition coefficient (Wildman–Crippen LogP) is 2.52. The second-order valence-electron chi connectivity index (χ2n) is 5.19. The summed E-state index contributed by atoms with van der Waals surface area (Å²) >= 11 is 1.79. The number of aryl methyl sites for hydroxylation is 1. The number of benzene rings is 1. The van der Waals surface area contributed by atoms with E-state index in [0.717, 1.165) is 31.6 Å². The van der Waals surface area contributed by atoms with Gasteiger partial charge in [-0.1, -0.05) is 37.3 Å². The van der Waals surface area contributed by atoms with E-state index in [2.05, 4.69) is 42.8 Å². The molecule has 2 unspecified atom stereocenters. The zero-order valence-electron chi connectivity index (χ0n) is 12.3. The van der Waals surface area contributed by atoms with Crippen LogP contribution in [0, 0.1) is 0 Å². The van der Waals surface area contributed by atoms with Crippen LogP contribution in [0.5, 0.6) is 0 Å². The van der Waals surface area contributed by atoms with Gasteiger partial charge in [0.1, 0.15) is 0 Å². The van der Waals surface area contributed by atoms with Crippen molar-refractivity contribution in [1.29, 1.82) is 0 Å². The minimum Gasteiger partial charge on any atom is -0.325 e. The van der Waals surface area contributed by atoms with E-state index >= 15 is 0 Å². The molecule has 2 atom stereocenters. The largest absolute Gasteiger partial charge is 0.325 e. The predicted molar refractivity (Wildman–Crippen MR) is 85.9 cm³/mol. The van der Waals surface area contributed by atoms with E-state index in [4.69, 9.17) is 0 Å². The number of carbonyl (C=O) groups excluding carboxylic acids is 1. The SMILES string of the molecule is CCC1NC(CCc2ccccc2)C(=O)N1CCSC. The van der Waals surface area contributed by atoms with Crippen LogP contribution >= 0.6 is 11.8 Å². The van der Waals surface area contributed by atoms with Gasteiger partial charge < -0.3 is 4.90 Å². The highest BCUT2D eigenvalue weighted by atomic mass is 32.2. The lowest BCUT2D eigenvalue weighted by Crippen LogP contribution is -2.38. The molecule has 20 heavy (non-hydrogen) atoms. The lowest BCUT2D eigenvalue weighted by atomic mass is 10.1. The molecule has 1 aromatic carbocycles. The molecule has 0 radical (unpaired) electrons. The fourth-order valence-corrected chi connectivity index (χ4v) is 3.08. The van der Waals surface area contributed by atoms with E-state index in [-0.39, 0.29) is 18.1 Å². The van der Waals surface area contributed by atoms with Crippen molar-refractivity contribution >= 4 is 17.7 Å². The molecule has 0 aliphatic carbocycles. The first kappa shape index (κ1) is 15.4. The molecule has 1 aromatic rings. The fourth-order valence-electron chi connectivity index (χ4n) is 2.70. The molecule has 110 valence electrons. The number of nitrogens with one attached hydrogen (secondary N) is 1. The second kappa shape index (κ2) is 7.70. The number of amides is 1. The topological polar surface area (TPSA) is 32.3 Å². The smallest absolute Gasteiger partial charge is 0.241 e. The van der Waals surface area contributed by atoms with Gasteiger partial charge in [0.05, 0.1) is 12.2 Å². The van der Waals surface area contributed by atoms with Gasteiger partial charge in [-0.05, 0) is 31.1 Å². The van der Waals surface area contributed by atoms with E-state index in [1.807, 2.05) is 11.0 Å². The van der Waals surface area contributed by atoms with Crippen molar-refractivity contribution in [3.05, 3.63) is 35.9 Å². The molecule has 1 fully saturated rings. The van der Waals surface area contributed by atoms with Crippen LogP contribution in [0.15, 0.2) is 30.3 Å². The molecule has 0 spiro atoms. The molecule has 1 saturated heterocycles. The average Bonchev–Trinajstić information content (AvgIpc) is 2.80. The Hall–Kier alpha value is -1.00. The van der Waals surface area contributed by atoms with Crippen molar-refractivity contribution in [2.24, 2.45) is 0 Å². The minimum absolute atomic E-state index is 0.0120. The third kappa shape index (κ3) is 3.76. The monoisotopic (exact) mass is 292 g/mol. The van der Waals surface area contributed by atoms with E-state index in [9.17, 15) is 4.79 Å². The van der Waals surface area contributed by atoms with Crippen LogP contribution in [0.2, 0.25) is 0 Å². The minimum atomic E-state index is -0.0120. The van der Waals surface area contributed by atoms with E-state index in [1.165, 1.54) is 5.56 Å². The maximum atomic E-state index is 12.5. The lowest BCUT2D eigenvalue weighted by molar-refractivity contribution is -0.129. The Balaban J connectivity index is 1.91. The van der Waals surface area contributed by atoms with Crippen LogP contribution in [0.3, 0.4) is 0 Å². The first-order chi connectivity index (χ1) is 9.76. The molecule has 0 saturated carbocycles. The Labute approximate surface area is 126 Å². The van der Waals surface area contributed by atoms with Crippen molar-refractivity contribution in [2.45, 2.75) is 38.4 Å². The number of carbonyl (C=O) groups is 1. The lowest BCUT2D eigenvalue weighted by Gasteiger charge is -2.22. The van der Waals surface area contributed by atoms with Gasteiger partial charge in [0.15, 0.2) is 0 Å². The van der Waals surface area contributed by atoms with Gasteiger partial charge in [-0.25, -0.2) is 0 Å². The number of hydrogen-bond acceptors (Lipinski definition) is 3. The standard InChI is InChI=1S/C16H24N2OS/c1-3-15-17-14(16(19)18(15)11-12-20-2)10-9-13-7-5-4-6-8-13/h4-8,14-15,17H,3,9-12H2,1-2H3. The summed E-state index contributed by atoms with van der Waals surface area (Å²) in [7, 11) is 0. The highest BCUT2D eigenvalue weighted by Crippen LogP contribution is 2.18. The number of hydrogen-bond donors (Lipinski definition) is 1. The van der Waals surface area contributed by atoms with Crippen LogP contribution in [0.25, 0.3) is 0 Å². The fraction of sp³-hybridized carbons (Fsp3) is 0.562. The van der Waals surface area contributed by atoms with Gasteiger partial charge in [-0.3, -0.25) is 10.1 Å². The Bertz CT molecular complexity index is 424. The van der Waals surface area contributed by atoms with Crippen LogP contribution in [0.4, 0.5) is 0 Å². The third-order valence-corrected chi connectivity index (χ3v) is 4.43. The van der Waals surface area contributed by atoms with E-state index < -0.39 is 0 Å². The quantitative estimate of drug-likeness (QED) is 0.838. The molecule has 0 aromatic heterocycles. The zero-order chi connectivity index (χ0) is 14.4. The zero-order valence-corrected chi connectivity index (χ0v) is 13.2. The first-order valence-electron chi connectivity index (χ1n) is 7.35. The molecule has 1 aliphatic rings. The van der Waals surface area contributed by atoms with Gasteiger partial charge in [-0.15, -0.1) is 0 Å². The summed E-state index contributed by atoms with van der Waals surface area (Å²) in [5.41, 5.74) is 1.30. The molecule has 2 rings (SSSR count). The van der Waals surface area contributed by atoms with Crippen molar-refractivity contribution in [3.63, 3.8) is 0 Å². The summed E-state index contributed by atoms with van der Waals surface area (Å²) in [4.78, 5) is 14.5. The molecular weight excluding hydrogens is 268 g/mol. The second-order valence-corrected chi connectivity index (χ2v) is 6.18. The van der Waals surface area contributed by atoms with Gasteiger partial charge in [0.2, 0.25) is 5.91 Å². The summed E-state index contributed by atoms with van der Waals surface area (Å²) < 4.78 is 0. The highest BCUT2D eigenvalue weighted by Gasteiger charge is 2.36. The van der Waals surface area contributed by atoms with Gasteiger partial charge in [0.25, 0.3) is 0 Å². The maximum Gasteiger partial charge on any atom is 0.241 e. The highest BCUT2D eigenvalue weighted by molar-refractivity contribution is 7.98. The number of thioether (sulfide) groups is 1. The summed E-state index contributed by atoms with van der Waals surface area (Å²) in [5, 5.41) is 3.49. The molecule has 1 aliphatic heterocycles. The van der Waals surface area contributed by atoms with E-state index in [0.29, 0.717) is 0 Å². The van der Waals surface area contributed by atoms with Gasteiger partial charge in [0, 0.05) is 12.3 Å². The Morgan fingerprint density at radius 2 is 2.05 bits per heavy atom. The normalized spacial score (nSPS) is 22.5. The molecular formula is C16H24N2OS. The molecule has 1 N–H and O–H groups in total. The van der Waals surface area contributed by atoms with Crippen LogP contribution < -0.4 is 5.32 Å². The van der Waals surface area contributed by atoms with Crippen molar-refractivity contribution in [1.82, 2.24) is 10.2 Å². The molecule has 1 amide bonds. The Morgan fingerprint density at radius 3 is 2.70 bits per heavy atom. The number of nitrogens with zero attached hydrogens (tertiary/aromatic N) is 1. The van der Waals surface area contributed by atoms with Gasteiger partial charge in [-0.2, -0.15) is 11.8 Å². The van der Waals surface area contributed by atoms with Crippen molar-refractivity contribution < 1.29 is 4.79 Å². The summed E-state index contributed by atoms with van der Waals surface area (Å²) in [5.74, 6) is 1.29.